The normalized spacial score (nSPS) is 23.2. The molecule has 1 unspecified atom stereocenters. The summed E-state index contributed by atoms with van der Waals surface area (Å²) in [5.41, 5.74) is 0. The van der Waals surface area contributed by atoms with Crippen LogP contribution in [0.15, 0.2) is 0 Å². The molecule has 1 fully saturated rings. The maximum Gasteiger partial charge on any atom is 0.326 e. The summed E-state index contributed by atoms with van der Waals surface area (Å²) in [5.74, 6) is -0.904. The second kappa shape index (κ2) is 3.56. The average molecular weight is 171 g/mol. The number of likely N-dealkylation sites (tertiary alicyclic amines) is 1. The van der Waals surface area contributed by atoms with Crippen molar-refractivity contribution in [2.45, 2.75) is 32.2 Å². The SMILES string of the molecule is CCCN1C(=O)CCC1C(=O)O. The van der Waals surface area contributed by atoms with Gasteiger partial charge in [0, 0.05) is 13.0 Å². The highest BCUT2D eigenvalue weighted by atomic mass is 16.4. The van der Waals surface area contributed by atoms with Gasteiger partial charge in [0.05, 0.1) is 0 Å². The molecule has 1 heterocycles. The number of hydrogen-bond acceptors (Lipinski definition) is 2. The molecular weight excluding hydrogens is 158 g/mol. The van der Waals surface area contributed by atoms with Crippen molar-refractivity contribution in [1.29, 1.82) is 0 Å². The molecular formula is C8H13NO3. The lowest BCUT2D eigenvalue weighted by atomic mass is 10.2. The Balaban J connectivity index is 2.63. The van der Waals surface area contributed by atoms with Crippen LogP contribution >= 0.6 is 0 Å². The van der Waals surface area contributed by atoms with E-state index in [0.717, 1.165) is 6.42 Å². The summed E-state index contributed by atoms with van der Waals surface area (Å²) in [5, 5.41) is 8.73. The molecule has 1 atom stereocenters. The van der Waals surface area contributed by atoms with E-state index in [1.807, 2.05) is 6.92 Å². The first-order valence-electron chi connectivity index (χ1n) is 4.19. The van der Waals surface area contributed by atoms with Gasteiger partial charge in [-0.05, 0) is 12.8 Å². The lowest BCUT2D eigenvalue weighted by Gasteiger charge is -2.20. The molecule has 1 saturated heterocycles. The van der Waals surface area contributed by atoms with E-state index in [2.05, 4.69) is 0 Å². The molecule has 1 aliphatic heterocycles. The fraction of sp³-hybridized carbons (Fsp3) is 0.750. The van der Waals surface area contributed by atoms with E-state index in [1.54, 1.807) is 0 Å². The van der Waals surface area contributed by atoms with Gasteiger partial charge in [-0.25, -0.2) is 4.79 Å². The summed E-state index contributed by atoms with van der Waals surface area (Å²) in [4.78, 5) is 23.2. The Labute approximate surface area is 71.2 Å². The maximum absolute atomic E-state index is 11.1. The number of aliphatic carboxylic acids is 1. The van der Waals surface area contributed by atoms with E-state index in [0.29, 0.717) is 19.4 Å². The van der Waals surface area contributed by atoms with E-state index in [4.69, 9.17) is 5.11 Å². The van der Waals surface area contributed by atoms with Gasteiger partial charge >= 0.3 is 5.97 Å². The topological polar surface area (TPSA) is 57.6 Å². The smallest absolute Gasteiger partial charge is 0.326 e. The van der Waals surface area contributed by atoms with Crippen LogP contribution in [0.1, 0.15) is 26.2 Å². The van der Waals surface area contributed by atoms with E-state index >= 15 is 0 Å². The fourth-order valence-electron chi connectivity index (χ4n) is 1.51. The molecule has 68 valence electrons. The third-order valence-corrected chi connectivity index (χ3v) is 2.08. The summed E-state index contributed by atoms with van der Waals surface area (Å²) in [6, 6.07) is -0.572. The molecule has 0 aromatic rings. The van der Waals surface area contributed by atoms with E-state index in [1.165, 1.54) is 4.90 Å². The van der Waals surface area contributed by atoms with Crippen LogP contribution in [0.2, 0.25) is 0 Å². The first kappa shape index (κ1) is 9.03. The molecule has 4 heteroatoms. The third-order valence-electron chi connectivity index (χ3n) is 2.08. The van der Waals surface area contributed by atoms with Gasteiger partial charge in [-0.1, -0.05) is 6.92 Å². The molecule has 1 N–H and O–H groups in total. The van der Waals surface area contributed by atoms with Crippen LogP contribution in [-0.2, 0) is 9.59 Å². The van der Waals surface area contributed by atoms with Gasteiger partial charge in [-0.15, -0.1) is 0 Å². The maximum atomic E-state index is 11.1. The second-order valence-corrected chi connectivity index (χ2v) is 2.98. The van der Waals surface area contributed by atoms with Gasteiger partial charge in [0.15, 0.2) is 0 Å². The number of amides is 1. The van der Waals surface area contributed by atoms with Crippen LogP contribution in [0.5, 0.6) is 0 Å². The van der Waals surface area contributed by atoms with Crippen LogP contribution in [0.3, 0.4) is 0 Å². The molecule has 0 aliphatic carbocycles. The Kier molecular flexibility index (Phi) is 2.68. The largest absolute Gasteiger partial charge is 0.480 e. The molecule has 0 radical (unpaired) electrons. The number of rotatable bonds is 3. The molecule has 1 rings (SSSR count). The highest BCUT2D eigenvalue weighted by Crippen LogP contribution is 2.18. The Bertz CT molecular complexity index is 202. The highest BCUT2D eigenvalue weighted by molar-refractivity contribution is 5.87. The van der Waals surface area contributed by atoms with Gasteiger partial charge in [0.1, 0.15) is 6.04 Å². The van der Waals surface area contributed by atoms with Crippen molar-refractivity contribution in [1.82, 2.24) is 4.90 Å². The second-order valence-electron chi connectivity index (χ2n) is 2.98. The lowest BCUT2D eigenvalue weighted by molar-refractivity contribution is -0.146. The molecule has 1 aliphatic rings. The van der Waals surface area contributed by atoms with Crippen molar-refractivity contribution < 1.29 is 14.7 Å². The number of carboxylic acid groups (broad SMARTS) is 1. The molecule has 0 bridgehead atoms. The van der Waals surface area contributed by atoms with Gasteiger partial charge < -0.3 is 10.0 Å². The van der Waals surface area contributed by atoms with E-state index in [-0.39, 0.29) is 5.91 Å². The predicted octanol–water partition coefficient (Wildman–Crippen LogP) is 0.472. The Morgan fingerprint density at radius 2 is 2.42 bits per heavy atom. The van der Waals surface area contributed by atoms with Crippen molar-refractivity contribution in [3.8, 4) is 0 Å². The third kappa shape index (κ3) is 1.57. The predicted molar refractivity (Wildman–Crippen MR) is 42.7 cm³/mol. The quantitative estimate of drug-likeness (QED) is 0.671. The van der Waals surface area contributed by atoms with Gasteiger partial charge in [0.25, 0.3) is 0 Å². The number of carbonyl (C=O) groups excluding carboxylic acids is 1. The average Bonchev–Trinajstić information content (AvgIpc) is 2.34. The zero-order valence-electron chi connectivity index (χ0n) is 7.12. The Hall–Kier alpha value is -1.06. The zero-order chi connectivity index (χ0) is 9.14. The minimum Gasteiger partial charge on any atom is -0.480 e. The minimum absolute atomic E-state index is 0.0238. The first-order chi connectivity index (χ1) is 5.66. The van der Waals surface area contributed by atoms with Crippen LogP contribution in [0.4, 0.5) is 0 Å². The van der Waals surface area contributed by atoms with Crippen molar-refractivity contribution >= 4 is 11.9 Å². The van der Waals surface area contributed by atoms with Crippen molar-refractivity contribution in [2.75, 3.05) is 6.54 Å². The number of carbonyl (C=O) groups is 2. The fourth-order valence-corrected chi connectivity index (χ4v) is 1.51. The summed E-state index contributed by atoms with van der Waals surface area (Å²) in [6.07, 6.45) is 1.67. The molecule has 0 aromatic heterocycles. The molecule has 0 saturated carbocycles. The zero-order valence-corrected chi connectivity index (χ0v) is 7.12. The summed E-state index contributed by atoms with van der Waals surface area (Å²) in [6.45, 7) is 2.50. The van der Waals surface area contributed by atoms with Gasteiger partial charge in [-0.2, -0.15) is 0 Å². The summed E-state index contributed by atoms with van der Waals surface area (Å²) >= 11 is 0. The van der Waals surface area contributed by atoms with Crippen LogP contribution < -0.4 is 0 Å². The standard InChI is InChI=1S/C8H13NO3/c1-2-5-9-6(8(11)12)3-4-7(9)10/h6H,2-5H2,1H3,(H,11,12). The Morgan fingerprint density at radius 3 is 2.92 bits per heavy atom. The molecule has 0 spiro atoms. The van der Waals surface area contributed by atoms with Crippen LogP contribution in [0.25, 0.3) is 0 Å². The van der Waals surface area contributed by atoms with Crippen molar-refractivity contribution in [3.05, 3.63) is 0 Å². The summed E-state index contributed by atoms with van der Waals surface area (Å²) < 4.78 is 0. The van der Waals surface area contributed by atoms with E-state index < -0.39 is 12.0 Å². The van der Waals surface area contributed by atoms with Crippen molar-refractivity contribution in [2.24, 2.45) is 0 Å². The minimum atomic E-state index is -0.880. The first-order valence-corrected chi connectivity index (χ1v) is 4.19. The van der Waals surface area contributed by atoms with E-state index in [9.17, 15) is 9.59 Å². The molecule has 1 amide bonds. The number of nitrogens with zero attached hydrogens (tertiary/aromatic N) is 1. The molecule has 0 aromatic carbocycles. The Morgan fingerprint density at radius 1 is 1.75 bits per heavy atom. The van der Waals surface area contributed by atoms with Crippen molar-refractivity contribution in [3.63, 3.8) is 0 Å². The highest BCUT2D eigenvalue weighted by Gasteiger charge is 2.34. The van der Waals surface area contributed by atoms with Gasteiger partial charge in [0.2, 0.25) is 5.91 Å². The van der Waals surface area contributed by atoms with Crippen LogP contribution in [0, 0.1) is 0 Å². The molecule has 12 heavy (non-hydrogen) atoms. The van der Waals surface area contributed by atoms with Crippen LogP contribution in [-0.4, -0.2) is 34.5 Å². The van der Waals surface area contributed by atoms with Gasteiger partial charge in [-0.3, -0.25) is 4.79 Å². The monoisotopic (exact) mass is 171 g/mol. The molecule has 4 nitrogen and oxygen atoms in total. The number of hydrogen-bond donors (Lipinski definition) is 1. The summed E-state index contributed by atoms with van der Waals surface area (Å²) in [7, 11) is 0. The lowest BCUT2D eigenvalue weighted by Crippen LogP contribution is -2.38. The number of carboxylic acids is 1.